The average molecular weight is 458 g/mol. The summed E-state index contributed by atoms with van der Waals surface area (Å²) in [4.78, 5) is 37.8. The van der Waals surface area contributed by atoms with Gasteiger partial charge in [0.25, 0.3) is 11.5 Å². The number of aromatic nitrogens is 3. The van der Waals surface area contributed by atoms with Crippen molar-refractivity contribution in [1.29, 1.82) is 0 Å². The molecule has 2 aromatic heterocycles. The van der Waals surface area contributed by atoms with Crippen LogP contribution in [0.5, 0.6) is 0 Å². The summed E-state index contributed by atoms with van der Waals surface area (Å²) in [5, 5.41) is 2.55. The Morgan fingerprint density at radius 2 is 1.94 bits per heavy atom. The molecule has 0 unspecified atom stereocenters. The smallest absolute Gasteiger partial charge is 0.369 e. The highest BCUT2D eigenvalue weighted by Crippen LogP contribution is 2.42. The number of rotatable bonds is 4. The third-order valence-electron chi connectivity index (χ3n) is 6.17. The van der Waals surface area contributed by atoms with Crippen LogP contribution in [0.4, 0.5) is 18.9 Å². The van der Waals surface area contributed by atoms with Crippen molar-refractivity contribution in [3.8, 4) is 0 Å². The first-order valence-electron chi connectivity index (χ1n) is 10.4. The minimum atomic E-state index is -4.79. The van der Waals surface area contributed by atoms with Crippen LogP contribution in [0, 0.1) is 5.41 Å². The largest absolute Gasteiger partial charge is 0.438 e. The van der Waals surface area contributed by atoms with Crippen LogP contribution >= 0.6 is 0 Å². The molecule has 0 radical (unpaired) electrons. The van der Waals surface area contributed by atoms with Gasteiger partial charge in [0.1, 0.15) is 5.69 Å². The van der Waals surface area contributed by atoms with Gasteiger partial charge in [0.15, 0.2) is 0 Å². The molecule has 4 heterocycles. The monoisotopic (exact) mass is 458 g/mol. The number of nitrogens with zero attached hydrogens (tertiary/aromatic N) is 4. The molecular formula is C22H21F3N6O2. The van der Waals surface area contributed by atoms with Gasteiger partial charge in [-0.15, -0.1) is 0 Å². The van der Waals surface area contributed by atoms with Gasteiger partial charge < -0.3 is 15.2 Å². The normalized spacial score (nSPS) is 17.6. The van der Waals surface area contributed by atoms with E-state index < -0.39 is 17.4 Å². The summed E-state index contributed by atoms with van der Waals surface area (Å²) in [5.41, 5.74) is 0.222. The quantitative estimate of drug-likeness (QED) is 0.622. The lowest BCUT2D eigenvalue weighted by Gasteiger charge is -2.61. The molecule has 33 heavy (non-hydrogen) atoms. The van der Waals surface area contributed by atoms with E-state index in [4.69, 9.17) is 0 Å². The second kappa shape index (κ2) is 7.55. The lowest BCUT2D eigenvalue weighted by molar-refractivity contribution is -0.142. The van der Waals surface area contributed by atoms with Crippen LogP contribution < -0.4 is 15.8 Å². The molecule has 1 amide bonds. The van der Waals surface area contributed by atoms with E-state index >= 15 is 0 Å². The zero-order valence-corrected chi connectivity index (χ0v) is 17.7. The van der Waals surface area contributed by atoms with Crippen molar-refractivity contribution in [3.63, 3.8) is 0 Å². The Kier molecular flexibility index (Phi) is 4.89. The van der Waals surface area contributed by atoms with Gasteiger partial charge in [0, 0.05) is 45.2 Å². The number of carbonyl (C=O) groups is 1. The standard InChI is InChI=1S/C22H21F3N6O2/c1-26-19(32)16-5-3-14(7-27-16)31-11-21(12-31)9-30(10-21)8-13-2-4-15-17(6-13)29-20(33)18(28-15)22(23,24)25/h2-7H,8-12H2,1H3,(H,26,32)(H,29,33). The maximum Gasteiger partial charge on any atom is 0.438 e. The van der Waals surface area contributed by atoms with Gasteiger partial charge in [-0.2, -0.15) is 13.2 Å². The molecule has 11 heteroatoms. The van der Waals surface area contributed by atoms with Crippen molar-refractivity contribution in [2.45, 2.75) is 12.7 Å². The number of H-pyrrole nitrogens is 1. The minimum Gasteiger partial charge on any atom is -0.369 e. The summed E-state index contributed by atoms with van der Waals surface area (Å²) in [6.07, 6.45) is -3.08. The van der Waals surface area contributed by atoms with E-state index in [9.17, 15) is 22.8 Å². The van der Waals surface area contributed by atoms with Crippen LogP contribution in [-0.2, 0) is 12.7 Å². The summed E-state index contributed by atoms with van der Waals surface area (Å²) in [6, 6.07) is 8.54. The summed E-state index contributed by atoms with van der Waals surface area (Å²) < 4.78 is 38.6. The predicted octanol–water partition coefficient (Wildman–Crippen LogP) is 2.02. The Morgan fingerprint density at radius 3 is 2.58 bits per heavy atom. The zero-order valence-electron chi connectivity index (χ0n) is 17.7. The van der Waals surface area contributed by atoms with Crippen molar-refractivity contribution in [1.82, 2.24) is 25.2 Å². The molecule has 3 aromatic rings. The van der Waals surface area contributed by atoms with E-state index in [1.165, 1.54) is 6.07 Å². The maximum absolute atomic E-state index is 12.9. The number of carbonyl (C=O) groups excluding carboxylic acids is 1. The van der Waals surface area contributed by atoms with E-state index in [1.54, 1.807) is 31.4 Å². The Morgan fingerprint density at radius 1 is 1.18 bits per heavy atom. The lowest BCUT2D eigenvalue weighted by Crippen LogP contribution is -2.71. The van der Waals surface area contributed by atoms with Gasteiger partial charge in [-0.1, -0.05) is 6.07 Å². The van der Waals surface area contributed by atoms with E-state index in [1.807, 2.05) is 6.07 Å². The number of alkyl halides is 3. The van der Waals surface area contributed by atoms with Gasteiger partial charge in [0.05, 0.1) is 22.9 Å². The topological polar surface area (TPSA) is 94.2 Å². The van der Waals surface area contributed by atoms with Crippen molar-refractivity contribution >= 4 is 22.6 Å². The maximum atomic E-state index is 12.9. The van der Waals surface area contributed by atoms with E-state index in [0.29, 0.717) is 17.8 Å². The fourth-order valence-corrected chi connectivity index (χ4v) is 4.68. The molecule has 1 spiro atoms. The van der Waals surface area contributed by atoms with Crippen molar-refractivity contribution in [2.75, 3.05) is 38.1 Å². The molecule has 2 N–H and O–H groups in total. The number of amides is 1. The number of likely N-dealkylation sites (tertiary alicyclic amines) is 1. The van der Waals surface area contributed by atoms with Crippen LogP contribution in [0.2, 0.25) is 0 Å². The van der Waals surface area contributed by atoms with Crippen LogP contribution in [0.1, 0.15) is 21.7 Å². The molecular weight excluding hydrogens is 437 g/mol. The summed E-state index contributed by atoms with van der Waals surface area (Å²) in [5.74, 6) is -0.217. The number of benzene rings is 1. The molecule has 0 atom stereocenters. The average Bonchev–Trinajstić information content (AvgIpc) is 2.72. The second-order valence-corrected chi connectivity index (χ2v) is 8.75. The van der Waals surface area contributed by atoms with E-state index in [-0.39, 0.29) is 16.8 Å². The molecule has 5 rings (SSSR count). The first-order valence-corrected chi connectivity index (χ1v) is 10.4. The molecule has 1 aromatic carbocycles. The Hall–Kier alpha value is -3.47. The number of anilines is 1. The van der Waals surface area contributed by atoms with Crippen LogP contribution in [-0.4, -0.2) is 59.0 Å². The molecule has 2 aliphatic heterocycles. The Labute approximate surface area is 186 Å². The number of aromatic amines is 1. The van der Waals surface area contributed by atoms with Crippen LogP contribution in [0.25, 0.3) is 11.0 Å². The van der Waals surface area contributed by atoms with Gasteiger partial charge in [-0.3, -0.25) is 14.5 Å². The number of hydrogen-bond donors (Lipinski definition) is 2. The molecule has 0 saturated carbocycles. The molecule has 2 fully saturated rings. The highest BCUT2D eigenvalue weighted by molar-refractivity contribution is 5.92. The Bertz CT molecular complexity index is 1270. The second-order valence-electron chi connectivity index (χ2n) is 8.75. The first-order chi connectivity index (χ1) is 15.7. The molecule has 2 aliphatic rings. The van der Waals surface area contributed by atoms with Gasteiger partial charge >= 0.3 is 6.18 Å². The van der Waals surface area contributed by atoms with E-state index in [2.05, 4.69) is 30.1 Å². The SMILES string of the molecule is CNC(=O)c1ccc(N2CC3(CN(Cc4ccc5nc(C(F)(F)F)c(=O)[nH]c5c4)C3)C2)cn1. The Balaban J connectivity index is 1.19. The molecule has 172 valence electrons. The molecule has 2 saturated heterocycles. The molecule has 0 bridgehead atoms. The highest BCUT2D eigenvalue weighted by Gasteiger charge is 2.51. The van der Waals surface area contributed by atoms with Gasteiger partial charge in [-0.25, -0.2) is 9.97 Å². The highest BCUT2D eigenvalue weighted by atomic mass is 19.4. The lowest BCUT2D eigenvalue weighted by atomic mass is 9.72. The minimum absolute atomic E-state index is 0.108. The van der Waals surface area contributed by atoms with Crippen molar-refractivity contribution < 1.29 is 18.0 Å². The fourth-order valence-electron chi connectivity index (χ4n) is 4.68. The predicted molar refractivity (Wildman–Crippen MR) is 115 cm³/mol. The molecule has 0 aliphatic carbocycles. The number of hydrogen-bond acceptors (Lipinski definition) is 6. The summed E-state index contributed by atoms with van der Waals surface area (Å²) >= 11 is 0. The zero-order chi connectivity index (χ0) is 23.4. The van der Waals surface area contributed by atoms with Crippen molar-refractivity contribution in [3.05, 3.63) is 63.8 Å². The number of nitrogens with one attached hydrogen (secondary N) is 2. The van der Waals surface area contributed by atoms with E-state index in [0.717, 1.165) is 37.4 Å². The van der Waals surface area contributed by atoms with Crippen LogP contribution in [0.3, 0.4) is 0 Å². The molecule has 8 nitrogen and oxygen atoms in total. The van der Waals surface area contributed by atoms with Crippen LogP contribution in [0.15, 0.2) is 41.3 Å². The summed E-state index contributed by atoms with van der Waals surface area (Å²) in [6.45, 7) is 4.27. The van der Waals surface area contributed by atoms with Crippen molar-refractivity contribution in [2.24, 2.45) is 5.41 Å². The van der Waals surface area contributed by atoms with Gasteiger partial charge in [0.2, 0.25) is 5.69 Å². The first kappa shape index (κ1) is 21.4. The fraction of sp³-hybridized carbons (Fsp3) is 0.364. The van der Waals surface area contributed by atoms with Gasteiger partial charge in [-0.05, 0) is 29.8 Å². The number of pyridine rings is 1. The third-order valence-corrected chi connectivity index (χ3v) is 6.17. The number of fused-ring (bicyclic) bond motifs is 1. The summed E-state index contributed by atoms with van der Waals surface area (Å²) in [7, 11) is 1.57. The number of halogens is 3. The third kappa shape index (κ3) is 3.92.